The number of hydrogen-bond acceptors (Lipinski definition) is 1. The Morgan fingerprint density at radius 3 is 2.56 bits per heavy atom. The number of para-hydroxylation sites is 1. The van der Waals surface area contributed by atoms with E-state index in [1.807, 2.05) is 36.4 Å². The summed E-state index contributed by atoms with van der Waals surface area (Å²) < 4.78 is 5.88. The second kappa shape index (κ2) is 4.84. The molecule has 2 aromatic rings. The number of benzene rings is 2. The van der Waals surface area contributed by atoms with Gasteiger partial charge in [0.05, 0.1) is 0 Å². The molecule has 0 aliphatic carbocycles. The Labute approximate surface area is 96.7 Å². The van der Waals surface area contributed by atoms with E-state index >= 15 is 0 Å². The van der Waals surface area contributed by atoms with Gasteiger partial charge in [-0.15, -0.1) is 0 Å². The third kappa shape index (κ3) is 2.43. The Bertz CT molecular complexity index is 474. The lowest BCUT2D eigenvalue weighted by molar-refractivity contribution is 0.476. The summed E-state index contributed by atoms with van der Waals surface area (Å²) in [4.78, 5) is 0. The summed E-state index contributed by atoms with van der Waals surface area (Å²) in [5, 5.41) is 0. The van der Waals surface area contributed by atoms with Gasteiger partial charge in [0.1, 0.15) is 11.5 Å². The molecule has 0 N–H and O–H groups in total. The topological polar surface area (TPSA) is 9.23 Å². The minimum atomic E-state index is 0.904. The lowest BCUT2D eigenvalue weighted by Crippen LogP contribution is -1.90. The molecule has 0 aliphatic rings. The van der Waals surface area contributed by atoms with Gasteiger partial charge in [-0.05, 0) is 42.7 Å². The normalized spacial score (nSPS) is 10.1. The fraction of sp³-hybridized carbons (Fsp3) is 0.200. The summed E-state index contributed by atoms with van der Waals surface area (Å²) in [7, 11) is 0. The molecule has 0 amide bonds. The maximum Gasteiger partial charge on any atom is 0.130 e. The molecule has 0 heterocycles. The molecule has 0 saturated heterocycles. The minimum absolute atomic E-state index is 0.904. The van der Waals surface area contributed by atoms with E-state index in [9.17, 15) is 0 Å². The van der Waals surface area contributed by atoms with Crippen molar-refractivity contribution in [3.05, 3.63) is 59.7 Å². The zero-order chi connectivity index (χ0) is 11.4. The average Bonchev–Trinajstić information content (AvgIpc) is 2.30. The summed E-state index contributed by atoms with van der Waals surface area (Å²) >= 11 is 0. The Hall–Kier alpha value is -1.76. The van der Waals surface area contributed by atoms with E-state index in [0.29, 0.717) is 0 Å². The monoisotopic (exact) mass is 212 g/mol. The molecular formula is C15H16O. The van der Waals surface area contributed by atoms with Gasteiger partial charge in [-0.2, -0.15) is 0 Å². The van der Waals surface area contributed by atoms with Crippen LogP contribution in [0.15, 0.2) is 48.5 Å². The lowest BCUT2D eigenvalue weighted by atomic mass is 10.1. The smallest absolute Gasteiger partial charge is 0.130 e. The summed E-state index contributed by atoms with van der Waals surface area (Å²) in [6.07, 6.45) is 0.988. The zero-order valence-corrected chi connectivity index (χ0v) is 9.73. The molecular weight excluding hydrogens is 196 g/mol. The number of ether oxygens (including phenoxy) is 1. The second-order valence-electron chi connectivity index (χ2n) is 3.88. The van der Waals surface area contributed by atoms with Crippen molar-refractivity contribution < 1.29 is 4.74 Å². The fourth-order valence-electron chi connectivity index (χ4n) is 1.70. The molecule has 82 valence electrons. The Kier molecular flexibility index (Phi) is 3.25. The fourth-order valence-corrected chi connectivity index (χ4v) is 1.70. The van der Waals surface area contributed by atoms with Crippen LogP contribution in [0.4, 0.5) is 0 Å². The molecule has 0 aliphatic heterocycles. The lowest BCUT2D eigenvalue weighted by Gasteiger charge is -2.10. The molecule has 0 saturated carbocycles. The quantitative estimate of drug-likeness (QED) is 0.735. The van der Waals surface area contributed by atoms with Crippen molar-refractivity contribution in [3.8, 4) is 11.5 Å². The van der Waals surface area contributed by atoms with Crippen LogP contribution in [0, 0.1) is 6.92 Å². The third-order valence-electron chi connectivity index (χ3n) is 2.57. The van der Waals surface area contributed by atoms with Crippen molar-refractivity contribution in [2.75, 3.05) is 0 Å². The highest BCUT2D eigenvalue weighted by Crippen LogP contribution is 2.25. The molecule has 2 aromatic carbocycles. The van der Waals surface area contributed by atoms with Crippen LogP contribution in [0.3, 0.4) is 0 Å². The van der Waals surface area contributed by atoms with Crippen LogP contribution in [-0.2, 0) is 6.42 Å². The molecule has 1 heteroatoms. The van der Waals surface area contributed by atoms with Crippen molar-refractivity contribution in [2.24, 2.45) is 0 Å². The molecule has 0 atom stereocenters. The van der Waals surface area contributed by atoms with Gasteiger partial charge in [0.15, 0.2) is 0 Å². The van der Waals surface area contributed by atoms with Crippen LogP contribution in [-0.4, -0.2) is 0 Å². The van der Waals surface area contributed by atoms with Crippen LogP contribution < -0.4 is 4.74 Å². The van der Waals surface area contributed by atoms with E-state index in [1.165, 1.54) is 11.1 Å². The Balaban J connectivity index is 2.26. The maximum atomic E-state index is 5.88. The first-order valence-electron chi connectivity index (χ1n) is 5.62. The molecule has 0 aromatic heterocycles. The van der Waals surface area contributed by atoms with Gasteiger partial charge in [0.2, 0.25) is 0 Å². The van der Waals surface area contributed by atoms with Crippen molar-refractivity contribution in [3.63, 3.8) is 0 Å². The van der Waals surface area contributed by atoms with Gasteiger partial charge in [-0.1, -0.05) is 37.3 Å². The molecule has 0 radical (unpaired) electrons. The van der Waals surface area contributed by atoms with E-state index in [0.717, 1.165) is 17.9 Å². The zero-order valence-electron chi connectivity index (χ0n) is 9.73. The predicted molar refractivity (Wildman–Crippen MR) is 67.1 cm³/mol. The van der Waals surface area contributed by atoms with Crippen molar-refractivity contribution in [1.29, 1.82) is 0 Å². The van der Waals surface area contributed by atoms with Crippen molar-refractivity contribution in [1.82, 2.24) is 0 Å². The van der Waals surface area contributed by atoms with E-state index in [2.05, 4.69) is 26.0 Å². The first-order chi connectivity index (χ1) is 7.79. The first-order valence-corrected chi connectivity index (χ1v) is 5.62. The highest BCUT2D eigenvalue weighted by atomic mass is 16.5. The van der Waals surface area contributed by atoms with Gasteiger partial charge >= 0.3 is 0 Å². The number of hydrogen-bond donors (Lipinski definition) is 0. The number of aryl methyl sites for hydroxylation is 2. The van der Waals surface area contributed by atoms with Gasteiger partial charge in [-0.25, -0.2) is 0 Å². The van der Waals surface area contributed by atoms with E-state index < -0.39 is 0 Å². The highest BCUT2D eigenvalue weighted by molar-refractivity contribution is 5.38. The summed E-state index contributed by atoms with van der Waals surface area (Å²) in [6.45, 7) is 4.21. The van der Waals surface area contributed by atoms with Crippen LogP contribution in [0.25, 0.3) is 0 Å². The minimum Gasteiger partial charge on any atom is -0.457 e. The van der Waals surface area contributed by atoms with Gasteiger partial charge in [0, 0.05) is 0 Å². The van der Waals surface area contributed by atoms with Crippen molar-refractivity contribution in [2.45, 2.75) is 20.3 Å². The Morgan fingerprint density at radius 2 is 1.81 bits per heavy atom. The molecule has 0 spiro atoms. The summed E-state index contributed by atoms with van der Waals surface area (Å²) in [5.41, 5.74) is 2.45. The molecule has 1 nitrogen and oxygen atoms in total. The third-order valence-corrected chi connectivity index (χ3v) is 2.57. The van der Waals surface area contributed by atoms with Crippen LogP contribution in [0.2, 0.25) is 0 Å². The Morgan fingerprint density at radius 1 is 1.00 bits per heavy atom. The summed E-state index contributed by atoms with van der Waals surface area (Å²) in [5.74, 6) is 1.86. The standard InChI is InChI=1S/C15H16O/c1-3-13-8-4-5-10-15(13)16-14-9-6-7-12(2)11-14/h4-11H,3H2,1-2H3. The molecule has 2 rings (SSSR count). The predicted octanol–water partition coefficient (Wildman–Crippen LogP) is 4.35. The molecule has 0 fully saturated rings. The van der Waals surface area contributed by atoms with Crippen LogP contribution in [0.1, 0.15) is 18.1 Å². The van der Waals surface area contributed by atoms with Crippen LogP contribution in [0.5, 0.6) is 11.5 Å². The van der Waals surface area contributed by atoms with Gasteiger partial charge in [-0.3, -0.25) is 0 Å². The van der Waals surface area contributed by atoms with Gasteiger partial charge < -0.3 is 4.74 Å². The van der Waals surface area contributed by atoms with E-state index in [1.54, 1.807) is 0 Å². The number of rotatable bonds is 3. The van der Waals surface area contributed by atoms with Gasteiger partial charge in [0.25, 0.3) is 0 Å². The molecule has 0 bridgehead atoms. The second-order valence-corrected chi connectivity index (χ2v) is 3.88. The first kappa shape index (κ1) is 10.7. The largest absolute Gasteiger partial charge is 0.457 e. The average molecular weight is 212 g/mol. The SMILES string of the molecule is CCc1ccccc1Oc1cccc(C)c1. The van der Waals surface area contributed by atoms with Crippen LogP contribution >= 0.6 is 0 Å². The van der Waals surface area contributed by atoms with E-state index in [4.69, 9.17) is 4.74 Å². The molecule has 16 heavy (non-hydrogen) atoms. The van der Waals surface area contributed by atoms with Crippen molar-refractivity contribution >= 4 is 0 Å². The maximum absolute atomic E-state index is 5.88. The van der Waals surface area contributed by atoms with E-state index in [-0.39, 0.29) is 0 Å². The highest BCUT2D eigenvalue weighted by Gasteiger charge is 2.02. The summed E-state index contributed by atoms with van der Waals surface area (Å²) in [6, 6.07) is 16.3. The molecule has 0 unspecified atom stereocenters.